The van der Waals surface area contributed by atoms with Crippen molar-refractivity contribution in [3.63, 3.8) is 0 Å². The minimum Gasteiger partial charge on any atom is -0.497 e. The molecule has 6 aromatic rings. The lowest BCUT2D eigenvalue weighted by Crippen LogP contribution is -2.49. The minimum atomic E-state index is -1.15. The van der Waals surface area contributed by atoms with E-state index in [9.17, 15) is 14.7 Å². The maximum atomic E-state index is 14.1. The molecule has 0 aliphatic carbocycles. The fourth-order valence-electron chi connectivity index (χ4n) is 10.6. The third-order valence-electron chi connectivity index (χ3n) is 15.4. The molecule has 1 amide bonds. The van der Waals surface area contributed by atoms with E-state index in [-0.39, 0.29) is 58.9 Å². The number of benzene rings is 5. The molecule has 2 aliphatic rings. The number of amides is 1. The number of para-hydroxylation sites is 1. The van der Waals surface area contributed by atoms with Crippen LogP contribution in [0.25, 0.3) is 0 Å². The zero-order chi connectivity index (χ0) is 61.0. The lowest BCUT2D eigenvalue weighted by atomic mass is 9.79. The summed E-state index contributed by atoms with van der Waals surface area (Å²) < 4.78 is 42.6. The summed E-state index contributed by atoms with van der Waals surface area (Å²) in [7, 11) is 1.65. The van der Waals surface area contributed by atoms with Crippen LogP contribution in [0.4, 0.5) is 11.4 Å². The second-order valence-electron chi connectivity index (χ2n) is 22.8. The summed E-state index contributed by atoms with van der Waals surface area (Å²) in [4.78, 5) is 40.5. The van der Waals surface area contributed by atoms with Gasteiger partial charge < -0.3 is 48.5 Å². The predicted molar refractivity (Wildman–Crippen MR) is 342 cm³/mol. The van der Waals surface area contributed by atoms with Crippen LogP contribution in [-0.2, 0) is 4.79 Å². The van der Waals surface area contributed by atoms with E-state index in [2.05, 4.69) is 57.0 Å². The Morgan fingerprint density at radius 2 is 1.37 bits per heavy atom. The van der Waals surface area contributed by atoms with Gasteiger partial charge in [-0.15, -0.1) is 26.8 Å². The molecule has 4 atom stereocenters. The highest BCUT2D eigenvalue weighted by Crippen LogP contribution is 2.46. The summed E-state index contributed by atoms with van der Waals surface area (Å²) in [5, 5.41) is 22.4. The van der Waals surface area contributed by atoms with Crippen LogP contribution in [0.1, 0.15) is 164 Å². The van der Waals surface area contributed by atoms with Crippen LogP contribution in [0, 0.1) is 6.92 Å². The predicted octanol–water partition coefficient (Wildman–Crippen LogP) is 14.4. The lowest BCUT2D eigenvalue weighted by Gasteiger charge is -2.48. The Labute approximate surface area is 512 Å². The molecule has 4 unspecified atom stereocenters. The van der Waals surface area contributed by atoms with E-state index in [1.165, 1.54) is 48.3 Å². The van der Waals surface area contributed by atoms with Gasteiger partial charge in [-0.1, -0.05) is 85.3 Å². The van der Waals surface area contributed by atoms with Crippen molar-refractivity contribution in [1.82, 2.24) is 20.2 Å². The number of ether oxygens (including phenoxy) is 7. The average molecular weight is 1190 g/mol. The first kappa shape index (κ1) is 64.3. The summed E-state index contributed by atoms with van der Waals surface area (Å²) in [6, 6.07) is 33.7. The first-order valence-electron chi connectivity index (χ1n) is 30.7. The van der Waals surface area contributed by atoms with E-state index < -0.39 is 12.1 Å². The van der Waals surface area contributed by atoms with Gasteiger partial charge in [-0.25, -0.2) is 14.8 Å². The highest BCUT2D eigenvalue weighted by Gasteiger charge is 2.38. The van der Waals surface area contributed by atoms with Crippen LogP contribution in [-0.4, -0.2) is 113 Å². The number of methoxy groups -OCH3 is 1. The van der Waals surface area contributed by atoms with Gasteiger partial charge in [0.15, 0.2) is 11.5 Å². The molecule has 0 saturated heterocycles. The molecule has 0 radical (unpaired) electrons. The van der Waals surface area contributed by atoms with Crippen LogP contribution in [0.5, 0.6) is 40.2 Å². The molecule has 0 bridgehead atoms. The van der Waals surface area contributed by atoms with Crippen molar-refractivity contribution < 1.29 is 47.9 Å². The van der Waals surface area contributed by atoms with Crippen molar-refractivity contribution in [1.29, 1.82) is 0 Å². The number of anilines is 1. The minimum absolute atomic E-state index is 0.0306. The molecule has 2 aliphatic heterocycles. The van der Waals surface area contributed by atoms with Gasteiger partial charge in [-0.05, 0) is 167 Å². The molecule has 17 nitrogen and oxygen atoms in total. The molecule has 18 heteroatoms. The summed E-state index contributed by atoms with van der Waals surface area (Å²) >= 11 is 1.52. The van der Waals surface area contributed by atoms with Gasteiger partial charge in [-0.3, -0.25) is 4.79 Å². The number of thioether (sulfide) groups is 1. The summed E-state index contributed by atoms with van der Waals surface area (Å²) in [6.07, 6.45) is 11.0. The fraction of sp³-hybridized carbons (Fsp3) is 0.471. The van der Waals surface area contributed by atoms with E-state index in [1.807, 2.05) is 93.6 Å². The lowest BCUT2D eigenvalue weighted by molar-refractivity contribution is -0.120. The number of hydrogen-bond acceptors (Lipinski definition) is 15. The van der Waals surface area contributed by atoms with Crippen molar-refractivity contribution >= 4 is 46.6 Å². The number of carbonyl (C=O) groups excluding carboxylic acids is 1. The van der Waals surface area contributed by atoms with Crippen LogP contribution >= 0.6 is 11.8 Å². The number of aromatic nitrogens is 3. The van der Waals surface area contributed by atoms with Crippen molar-refractivity contribution in [2.75, 3.05) is 57.3 Å². The van der Waals surface area contributed by atoms with E-state index in [0.717, 1.165) is 84.9 Å². The van der Waals surface area contributed by atoms with Crippen LogP contribution < -0.4 is 43.4 Å². The number of nitrogens with one attached hydrogen (secondary N) is 1. The smallest absolute Gasteiger partial charge is 0.339 e. The molecular weight excluding hydrogens is 1110 g/mol. The van der Waals surface area contributed by atoms with E-state index in [1.54, 1.807) is 25.3 Å². The van der Waals surface area contributed by atoms with Gasteiger partial charge in [-0.2, -0.15) is 0 Å². The number of nitrogens with zero attached hydrogens (tertiary/aromatic N) is 6. The van der Waals surface area contributed by atoms with Gasteiger partial charge in [0.05, 0.1) is 37.9 Å². The first-order chi connectivity index (χ1) is 41.7. The number of unbranched alkanes of at least 4 members (excludes halogenated alkanes) is 6. The molecule has 2 N–H and O–H groups in total. The molecule has 0 saturated carbocycles. The van der Waals surface area contributed by atoms with Crippen LogP contribution in [0.15, 0.2) is 119 Å². The molecule has 5 aromatic carbocycles. The average Bonchev–Trinajstić information content (AvgIpc) is 1.63. The number of rotatable bonds is 34. The van der Waals surface area contributed by atoms with Crippen LogP contribution in [0.3, 0.4) is 0 Å². The van der Waals surface area contributed by atoms with Crippen LogP contribution in [0.2, 0.25) is 0 Å². The standard InChI is InChI=1S/C68H87N7O10S/c1-10-13-15-19-37-80-51-28-30-53(31-29-51)83-44-55(84-54-34-32-52(33-35-54)81-38-20-16-14-11-2)45-86-61(12-3)65(76)69-43-48(6)63-71-64-62(66(73-75(64)72-63)85-60-23-18-17-22-56(60)67(77)78)70-58-41-57-47(5)42-68(7,8)74(59(57)40-46(58)4)36-21-39-82-50-26-24-49(79-9)25-27-50/h17-18,22-35,40-41,47-48,55,61H,10-16,19-21,36-39,42-45H2,1-9H3,(H,69,76)(H,77,78). The van der Waals surface area contributed by atoms with E-state index in [4.69, 9.17) is 53.3 Å². The molecule has 460 valence electrons. The molecule has 0 fully saturated rings. The molecule has 86 heavy (non-hydrogen) atoms. The Kier molecular flexibility index (Phi) is 23.6. The number of aryl methyl sites for hydroxylation is 1. The number of aromatic carboxylic acids is 1. The molecular formula is C68H87N7O10S. The van der Waals surface area contributed by atoms with Crippen molar-refractivity contribution in [3.8, 4) is 40.2 Å². The van der Waals surface area contributed by atoms with Gasteiger partial charge in [0.2, 0.25) is 11.7 Å². The number of hydrogen-bond donors (Lipinski definition) is 2. The summed E-state index contributed by atoms with van der Waals surface area (Å²) in [5.74, 6) is 4.58. The number of aliphatic imine (C=N–C) groups is 1. The van der Waals surface area contributed by atoms with Gasteiger partial charge in [0.1, 0.15) is 58.5 Å². The van der Waals surface area contributed by atoms with Crippen molar-refractivity contribution in [2.45, 2.75) is 155 Å². The van der Waals surface area contributed by atoms with Gasteiger partial charge >= 0.3 is 5.97 Å². The van der Waals surface area contributed by atoms with Gasteiger partial charge in [0, 0.05) is 36.0 Å². The van der Waals surface area contributed by atoms with Crippen molar-refractivity contribution in [2.24, 2.45) is 10.1 Å². The number of carboxylic acids is 1. The first-order valence-corrected chi connectivity index (χ1v) is 31.7. The largest absolute Gasteiger partial charge is 0.497 e. The Morgan fingerprint density at radius 3 is 1.98 bits per heavy atom. The third-order valence-corrected chi connectivity index (χ3v) is 16.9. The monoisotopic (exact) mass is 1190 g/mol. The summed E-state index contributed by atoms with van der Waals surface area (Å²) in [5.41, 5.74) is 4.07. The molecule has 0 spiro atoms. The summed E-state index contributed by atoms with van der Waals surface area (Å²) in [6.45, 7) is 20.4. The Bertz CT molecular complexity index is 3200. The fourth-order valence-corrected chi connectivity index (χ4v) is 11.7. The normalized spacial score (nSPS) is 15.6. The number of fused-ring (bicyclic) bond motifs is 2. The highest BCUT2D eigenvalue weighted by molar-refractivity contribution is 8.00. The SMILES string of the molecule is CCCCCCOc1ccc(OCC(CSC(CC)C(=O)NCC(C)c2nc3n(n2)N=C(Oc2ccccc2C(=O)O)C3=Nc2cc3c(cc2C)N(CCCOc2ccc(OC)cc2)C(C)(C)CC3C)Oc2ccc(OCCCCCC)cc2)cc1. The van der Waals surface area contributed by atoms with Crippen molar-refractivity contribution in [3.05, 3.63) is 138 Å². The quantitative estimate of drug-likeness (QED) is 0.0363. The van der Waals surface area contributed by atoms with E-state index >= 15 is 0 Å². The zero-order valence-electron chi connectivity index (χ0n) is 51.6. The third kappa shape index (κ3) is 17.7. The zero-order valence-corrected chi connectivity index (χ0v) is 52.5. The molecule has 1 aromatic heterocycles. The Morgan fingerprint density at radius 1 is 0.779 bits per heavy atom. The Hall–Kier alpha value is -7.73. The maximum absolute atomic E-state index is 14.1. The topological polar surface area (TPSA) is 190 Å². The van der Waals surface area contributed by atoms with E-state index in [0.29, 0.717) is 66.5 Å². The Balaban J connectivity index is 0.952. The maximum Gasteiger partial charge on any atom is 0.339 e. The number of carboxylic acid groups (broad SMARTS) is 1. The second-order valence-corrected chi connectivity index (χ2v) is 24.0. The number of carbonyl (C=O) groups is 2. The molecule has 8 rings (SSSR count). The highest BCUT2D eigenvalue weighted by atomic mass is 32.2. The second kappa shape index (κ2) is 31.6. The molecule has 3 heterocycles. The van der Waals surface area contributed by atoms with Gasteiger partial charge in [0.25, 0.3) is 5.90 Å².